The number of nitrogens with zero attached hydrogens (tertiary/aromatic N) is 3. The highest BCUT2D eigenvalue weighted by Gasteiger charge is 2.23. The van der Waals surface area contributed by atoms with Crippen LogP contribution in [0.25, 0.3) is 5.69 Å². The predicted molar refractivity (Wildman–Crippen MR) is 115 cm³/mol. The molecule has 3 rings (SSSR count). The number of aliphatic hydroxyl groups is 1. The highest BCUT2D eigenvalue weighted by molar-refractivity contribution is 7.08. The molecular weight excluding hydrogens is 370 g/mol. The fourth-order valence-electron chi connectivity index (χ4n) is 2.80. The first-order valence-corrected chi connectivity index (χ1v) is 10.4. The summed E-state index contributed by atoms with van der Waals surface area (Å²) in [5, 5.41) is 25.4. The van der Waals surface area contributed by atoms with Gasteiger partial charge in [-0.05, 0) is 66.4 Å². The van der Waals surface area contributed by atoms with Gasteiger partial charge in [0, 0.05) is 25.5 Å². The average Bonchev–Trinajstić information content (AvgIpc) is 3.41. The normalized spacial score (nSPS) is 13.9. The van der Waals surface area contributed by atoms with E-state index in [0.717, 1.165) is 30.8 Å². The number of aromatic nitrogens is 2. The van der Waals surface area contributed by atoms with E-state index >= 15 is 0 Å². The van der Waals surface area contributed by atoms with Crippen LogP contribution in [0.2, 0.25) is 0 Å². The van der Waals surface area contributed by atoms with Crippen LogP contribution >= 0.6 is 11.3 Å². The summed E-state index contributed by atoms with van der Waals surface area (Å²) in [7, 11) is 0. The molecule has 2 aromatic heterocycles. The van der Waals surface area contributed by atoms with Crippen molar-refractivity contribution in [1.82, 2.24) is 20.4 Å². The maximum absolute atomic E-state index is 10.6. The van der Waals surface area contributed by atoms with Crippen molar-refractivity contribution in [3.63, 3.8) is 0 Å². The number of nitrogens with one attached hydrogen (secondary N) is 2. The Morgan fingerprint density at radius 2 is 2.07 bits per heavy atom. The van der Waals surface area contributed by atoms with Crippen molar-refractivity contribution < 1.29 is 5.11 Å². The van der Waals surface area contributed by atoms with Crippen LogP contribution in [0, 0.1) is 0 Å². The molecule has 1 atom stereocenters. The van der Waals surface area contributed by atoms with E-state index in [1.807, 2.05) is 40.7 Å². The lowest BCUT2D eigenvalue weighted by molar-refractivity contribution is 0.0677. The summed E-state index contributed by atoms with van der Waals surface area (Å²) in [4.78, 5) is 4.56. The Morgan fingerprint density at radius 3 is 2.71 bits per heavy atom. The minimum atomic E-state index is -0.968. The van der Waals surface area contributed by atoms with Gasteiger partial charge in [0.25, 0.3) is 0 Å². The molecule has 0 radical (unpaired) electrons. The zero-order chi connectivity index (χ0) is 19.8. The fourth-order valence-corrected chi connectivity index (χ4v) is 3.58. The lowest BCUT2D eigenvalue weighted by Crippen LogP contribution is -2.39. The Labute approximate surface area is 170 Å². The molecule has 0 bridgehead atoms. The maximum Gasteiger partial charge on any atom is 0.191 e. The molecule has 2 heterocycles. The maximum atomic E-state index is 10.6. The second kappa shape index (κ2) is 9.52. The van der Waals surface area contributed by atoms with E-state index < -0.39 is 5.60 Å². The Kier molecular flexibility index (Phi) is 6.84. The van der Waals surface area contributed by atoms with Crippen LogP contribution in [0.3, 0.4) is 0 Å². The monoisotopic (exact) mass is 397 g/mol. The molecule has 7 heteroatoms. The largest absolute Gasteiger partial charge is 0.383 e. The Hall–Kier alpha value is -2.64. The Morgan fingerprint density at radius 1 is 1.25 bits per heavy atom. The van der Waals surface area contributed by atoms with E-state index in [1.165, 1.54) is 5.56 Å². The molecule has 0 aliphatic carbocycles. The Bertz CT molecular complexity index is 855. The molecule has 0 aliphatic rings. The molecule has 1 unspecified atom stereocenters. The van der Waals surface area contributed by atoms with Gasteiger partial charge in [0.05, 0.1) is 12.2 Å². The minimum Gasteiger partial charge on any atom is -0.383 e. The summed E-state index contributed by atoms with van der Waals surface area (Å²) in [5.74, 6) is 0.714. The Balaban J connectivity index is 1.53. The van der Waals surface area contributed by atoms with Gasteiger partial charge in [-0.25, -0.2) is 9.67 Å². The average molecular weight is 398 g/mol. The highest BCUT2D eigenvalue weighted by Crippen LogP contribution is 2.23. The van der Waals surface area contributed by atoms with Crippen LogP contribution in [-0.2, 0) is 12.0 Å². The third-order valence-corrected chi connectivity index (χ3v) is 5.13. The molecule has 0 saturated carbocycles. The predicted octanol–water partition coefficient (Wildman–Crippen LogP) is 2.94. The number of guanidine groups is 1. The van der Waals surface area contributed by atoms with Gasteiger partial charge in [-0.15, -0.1) is 0 Å². The molecular formula is C21H27N5OS. The smallest absolute Gasteiger partial charge is 0.191 e. The van der Waals surface area contributed by atoms with Crippen LogP contribution in [0.1, 0.15) is 25.0 Å². The summed E-state index contributed by atoms with van der Waals surface area (Å²) in [6.07, 6.45) is 4.58. The molecule has 3 aromatic rings. The van der Waals surface area contributed by atoms with E-state index in [-0.39, 0.29) is 0 Å². The number of hydrogen-bond acceptors (Lipinski definition) is 4. The molecule has 0 fully saturated rings. The van der Waals surface area contributed by atoms with E-state index in [1.54, 1.807) is 24.5 Å². The summed E-state index contributed by atoms with van der Waals surface area (Å²) >= 11 is 1.58. The van der Waals surface area contributed by atoms with Gasteiger partial charge in [0.1, 0.15) is 5.60 Å². The SMILES string of the molecule is CCNC(=NCC(C)(O)c1ccsc1)NCCc1ccc(-n2cccn2)cc1. The van der Waals surface area contributed by atoms with E-state index in [4.69, 9.17) is 0 Å². The number of thiophene rings is 1. The standard InChI is InChI=1S/C21H27N5OS/c1-3-22-20(24-16-21(2,27)18-10-14-28-15-18)23-12-9-17-5-7-19(8-6-17)26-13-4-11-25-26/h4-8,10-11,13-15,27H,3,9,12,16H2,1-2H3,(H2,22,23,24). The topological polar surface area (TPSA) is 74.5 Å². The van der Waals surface area contributed by atoms with Gasteiger partial charge in [0.15, 0.2) is 5.96 Å². The van der Waals surface area contributed by atoms with Crippen molar-refractivity contribution in [2.45, 2.75) is 25.9 Å². The summed E-state index contributed by atoms with van der Waals surface area (Å²) < 4.78 is 1.84. The zero-order valence-electron chi connectivity index (χ0n) is 16.3. The number of hydrogen-bond donors (Lipinski definition) is 3. The van der Waals surface area contributed by atoms with Crippen LogP contribution < -0.4 is 10.6 Å². The van der Waals surface area contributed by atoms with Crippen molar-refractivity contribution in [3.8, 4) is 5.69 Å². The summed E-state index contributed by atoms with van der Waals surface area (Å²) in [6, 6.07) is 12.2. The second-order valence-electron chi connectivity index (χ2n) is 6.77. The van der Waals surface area contributed by atoms with Gasteiger partial charge in [0.2, 0.25) is 0 Å². The van der Waals surface area contributed by atoms with E-state index in [9.17, 15) is 5.11 Å². The van der Waals surface area contributed by atoms with Crippen molar-refractivity contribution in [2.24, 2.45) is 4.99 Å². The van der Waals surface area contributed by atoms with Gasteiger partial charge in [-0.1, -0.05) is 12.1 Å². The third-order valence-electron chi connectivity index (χ3n) is 4.44. The molecule has 0 amide bonds. The van der Waals surface area contributed by atoms with Crippen molar-refractivity contribution in [3.05, 3.63) is 70.7 Å². The van der Waals surface area contributed by atoms with Gasteiger partial charge in [-0.2, -0.15) is 16.4 Å². The van der Waals surface area contributed by atoms with Crippen molar-refractivity contribution in [1.29, 1.82) is 0 Å². The van der Waals surface area contributed by atoms with E-state index in [2.05, 4.69) is 45.0 Å². The van der Waals surface area contributed by atoms with Crippen LogP contribution in [0.5, 0.6) is 0 Å². The molecule has 0 spiro atoms. The quantitative estimate of drug-likeness (QED) is 0.404. The summed E-state index contributed by atoms with van der Waals surface area (Å²) in [6.45, 7) is 5.65. The first-order chi connectivity index (χ1) is 13.6. The van der Waals surface area contributed by atoms with Gasteiger partial charge >= 0.3 is 0 Å². The number of rotatable bonds is 8. The lowest BCUT2D eigenvalue weighted by Gasteiger charge is -2.21. The van der Waals surface area contributed by atoms with Crippen LogP contribution in [0.15, 0.2) is 64.5 Å². The number of benzene rings is 1. The molecule has 0 saturated heterocycles. The lowest BCUT2D eigenvalue weighted by atomic mass is 10.00. The van der Waals surface area contributed by atoms with E-state index in [0.29, 0.717) is 12.5 Å². The fraction of sp³-hybridized carbons (Fsp3) is 0.333. The molecule has 3 N–H and O–H groups in total. The first-order valence-electron chi connectivity index (χ1n) is 9.44. The zero-order valence-corrected chi connectivity index (χ0v) is 17.1. The van der Waals surface area contributed by atoms with Crippen molar-refractivity contribution >= 4 is 17.3 Å². The van der Waals surface area contributed by atoms with Gasteiger partial charge in [-0.3, -0.25) is 0 Å². The molecule has 28 heavy (non-hydrogen) atoms. The molecule has 0 aliphatic heterocycles. The second-order valence-corrected chi connectivity index (χ2v) is 7.55. The van der Waals surface area contributed by atoms with Crippen LogP contribution in [-0.4, -0.2) is 40.5 Å². The first kappa shape index (κ1) is 20.1. The minimum absolute atomic E-state index is 0.303. The molecule has 1 aromatic carbocycles. The van der Waals surface area contributed by atoms with Crippen molar-refractivity contribution in [2.75, 3.05) is 19.6 Å². The molecule has 6 nitrogen and oxygen atoms in total. The van der Waals surface area contributed by atoms with Gasteiger partial charge < -0.3 is 15.7 Å². The third kappa shape index (κ3) is 5.43. The summed E-state index contributed by atoms with van der Waals surface area (Å²) in [5.41, 5.74) is 2.22. The number of aliphatic imine (C=N–C) groups is 1. The molecule has 148 valence electrons. The highest BCUT2D eigenvalue weighted by atomic mass is 32.1. The van der Waals surface area contributed by atoms with Crippen LogP contribution in [0.4, 0.5) is 0 Å².